The van der Waals surface area contributed by atoms with Crippen molar-refractivity contribution in [2.24, 2.45) is 0 Å². The molecule has 2 aromatic rings. The summed E-state index contributed by atoms with van der Waals surface area (Å²) in [5, 5.41) is 3.55. The highest BCUT2D eigenvalue weighted by Gasteiger charge is 2.26. The maximum atomic E-state index is 13.5. The molecule has 21 heavy (non-hydrogen) atoms. The summed E-state index contributed by atoms with van der Waals surface area (Å²) < 4.78 is 66.9. The Hall–Kier alpha value is -1.29. The Balaban J connectivity index is 2.61. The molecule has 3 nitrogen and oxygen atoms in total. The summed E-state index contributed by atoms with van der Waals surface area (Å²) >= 11 is 5.89. The smallest absolute Gasteiger partial charge is 0.266 e. The van der Waals surface area contributed by atoms with Gasteiger partial charge in [-0.1, -0.05) is 0 Å². The van der Waals surface area contributed by atoms with Crippen molar-refractivity contribution in [2.45, 2.75) is 6.54 Å². The summed E-state index contributed by atoms with van der Waals surface area (Å²) in [5.41, 5.74) is -1.94. The number of nitrogens with zero attached hydrogens (tertiary/aromatic N) is 2. The first kappa shape index (κ1) is 16.1. The van der Waals surface area contributed by atoms with Crippen LogP contribution in [0.2, 0.25) is 0 Å². The number of halogens is 7. The Kier molecular flexibility index (Phi) is 4.47. The second-order valence-corrected chi connectivity index (χ2v) is 5.47. The summed E-state index contributed by atoms with van der Waals surface area (Å²) in [6.07, 6.45) is 1.14. The van der Waals surface area contributed by atoms with Crippen molar-refractivity contribution in [3.8, 4) is 0 Å². The van der Waals surface area contributed by atoms with E-state index in [0.29, 0.717) is 4.68 Å². The highest BCUT2D eigenvalue weighted by atomic mass is 79.9. The van der Waals surface area contributed by atoms with E-state index >= 15 is 0 Å². The molecule has 10 heteroatoms. The molecule has 0 aliphatic carbocycles. The Morgan fingerprint density at radius 2 is 1.43 bits per heavy atom. The summed E-state index contributed by atoms with van der Waals surface area (Å²) in [7, 11) is 0. The predicted molar refractivity (Wildman–Crippen MR) is 69.2 cm³/mol. The summed E-state index contributed by atoms with van der Waals surface area (Å²) in [6.45, 7) is -0.906. The first-order valence-electron chi connectivity index (χ1n) is 5.17. The van der Waals surface area contributed by atoms with Gasteiger partial charge in [0.25, 0.3) is 5.56 Å². The van der Waals surface area contributed by atoms with Crippen LogP contribution in [-0.2, 0) is 6.54 Å². The van der Waals surface area contributed by atoms with Crippen LogP contribution in [0, 0.1) is 29.1 Å². The molecule has 0 amide bonds. The molecule has 0 saturated carbocycles. The van der Waals surface area contributed by atoms with Gasteiger partial charge in [-0.25, -0.2) is 26.6 Å². The SMILES string of the molecule is O=c1c(Br)c(Br)cnn1Cc1c(F)c(F)c(F)c(F)c1F. The first-order chi connectivity index (χ1) is 9.75. The second kappa shape index (κ2) is 5.84. The van der Waals surface area contributed by atoms with Crippen molar-refractivity contribution >= 4 is 31.9 Å². The van der Waals surface area contributed by atoms with E-state index in [1.165, 1.54) is 0 Å². The molecule has 0 aliphatic rings. The van der Waals surface area contributed by atoms with E-state index in [1.54, 1.807) is 0 Å². The zero-order valence-corrected chi connectivity index (χ0v) is 12.9. The Labute approximate surface area is 130 Å². The summed E-state index contributed by atoms with van der Waals surface area (Å²) in [5.74, 6) is -10.4. The van der Waals surface area contributed by atoms with Crippen LogP contribution in [0.4, 0.5) is 22.0 Å². The van der Waals surface area contributed by atoms with E-state index in [1.807, 2.05) is 0 Å². The highest BCUT2D eigenvalue weighted by molar-refractivity contribution is 9.13. The highest BCUT2D eigenvalue weighted by Crippen LogP contribution is 2.24. The lowest BCUT2D eigenvalue weighted by molar-refractivity contribution is 0.366. The molecule has 0 fully saturated rings. The third-order valence-electron chi connectivity index (χ3n) is 2.55. The minimum absolute atomic E-state index is 0.00127. The second-order valence-electron chi connectivity index (χ2n) is 3.82. The monoisotopic (exact) mass is 432 g/mol. The fourth-order valence-corrected chi connectivity index (χ4v) is 2.06. The summed E-state index contributed by atoms with van der Waals surface area (Å²) in [4.78, 5) is 11.8. The van der Waals surface area contributed by atoms with Crippen molar-refractivity contribution in [2.75, 3.05) is 0 Å². The predicted octanol–water partition coefficient (Wildman–Crippen LogP) is 3.51. The molecule has 0 radical (unpaired) electrons. The van der Waals surface area contributed by atoms with Gasteiger partial charge in [0.05, 0.1) is 22.8 Å². The molecule has 0 unspecified atom stereocenters. The van der Waals surface area contributed by atoms with Gasteiger partial charge < -0.3 is 0 Å². The number of hydrogen-bond acceptors (Lipinski definition) is 2. The third-order valence-corrected chi connectivity index (χ3v) is 4.45. The van der Waals surface area contributed by atoms with Gasteiger partial charge in [-0.15, -0.1) is 0 Å². The normalized spacial score (nSPS) is 11.0. The van der Waals surface area contributed by atoms with E-state index in [9.17, 15) is 26.7 Å². The molecule has 0 saturated heterocycles. The average Bonchev–Trinajstić information content (AvgIpc) is 2.47. The lowest BCUT2D eigenvalue weighted by atomic mass is 10.1. The number of hydrogen-bond donors (Lipinski definition) is 0. The molecular weight excluding hydrogens is 431 g/mol. The molecule has 2 rings (SSSR count). The van der Waals surface area contributed by atoms with Crippen LogP contribution in [-0.4, -0.2) is 9.78 Å². The Bertz CT molecular complexity index is 764. The molecule has 0 aliphatic heterocycles. The van der Waals surface area contributed by atoms with Crippen molar-refractivity contribution in [1.29, 1.82) is 0 Å². The van der Waals surface area contributed by atoms with E-state index in [-0.39, 0.29) is 8.95 Å². The maximum Gasteiger partial charge on any atom is 0.282 e. The van der Waals surface area contributed by atoms with Crippen LogP contribution in [0.25, 0.3) is 0 Å². The van der Waals surface area contributed by atoms with Crippen LogP contribution >= 0.6 is 31.9 Å². The number of aromatic nitrogens is 2. The van der Waals surface area contributed by atoms with Gasteiger partial charge in [-0.05, 0) is 31.9 Å². The van der Waals surface area contributed by atoms with E-state index in [0.717, 1.165) is 6.20 Å². The molecule has 0 atom stereocenters. The van der Waals surface area contributed by atoms with Crippen LogP contribution in [0.3, 0.4) is 0 Å². The van der Waals surface area contributed by atoms with Crippen molar-refractivity contribution in [1.82, 2.24) is 9.78 Å². The molecular formula is C11H3Br2F5N2O. The fraction of sp³-hybridized carbons (Fsp3) is 0.0909. The topological polar surface area (TPSA) is 34.9 Å². The largest absolute Gasteiger partial charge is 0.282 e. The van der Waals surface area contributed by atoms with Gasteiger partial charge in [-0.3, -0.25) is 4.79 Å². The quantitative estimate of drug-likeness (QED) is 0.412. The lowest BCUT2D eigenvalue weighted by Crippen LogP contribution is -2.25. The van der Waals surface area contributed by atoms with Gasteiger partial charge >= 0.3 is 0 Å². The van der Waals surface area contributed by atoms with E-state index < -0.39 is 46.8 Å². The number of benzene rings is 1. The average molecular weight is 434 g/mol. The third kappa shape index (κ3) is 2.73. The van der Waals surface area contributed by atoms with Gasteiger partial charge in [-0.2, -0.15) is 5.10 Å². The Morgan fingerprint density at radius 3 is 1.95 bits per heavy atom. The first-order valence-corrected chi connectivity index (χ1v) is 6.75. The molecule has 1 aromatic carbocycles. The van der Waals surface area contributed by atoms with Crippen LogP contribution in [0.5, 0.6) is 0 Å². The van der Waals surface area contributed by atoms with Gasteiger partial charge in [0.2, 0.25) is 5.82 Å². The van der Waals surface area contributed by atoms with Gasteiger partial charge in [0.15, 0.2) is 23.3 Å². The minimum Gasteiger partial charge on any atom is -0.266 e. The van der Waals surface area contributed by atoms with Crippen molar-refractivity contribution in [3.63, 3.8) is 0 Å². The van der Waals surface area contributed by atoms with Gasteiger partial charge in [0, 0.05) is 0 Å². The molecule has 1 aromatic heterocycles. The molecule has 112 valence electrons. The molecule has 0 bridgehead atoms. The minimum atomic E-state index is -2.26. The Morgan fingerprint density at radius 1 is 0.952 bits per heavy atom. The van der Waals surface area contributed by atoms with Crippen LogP contribution < -0.4 is 5.56 Å². The number of rotatable bonds is 2. The van der Waals surface area contributed by atoms with E-state index in [2.05, 4.69) is 37.0 Å². The fourth-order valence-electron chi connectivity index (χ4n) is 1.50. The molecule has 1 heterocycles. The maximum absolute atomic E-state index is 13.5. The lowest BCUT2D eigenvalue weighted by Gasteiger charge is -2.10. The van der Waals surface area contributed by atoms with Crippen molar-refractivity contribution < 1.29 is 22.0 Å². The van der Waals surface area contributed by atoms with E-state index in [4.69, 9.17) is 0 Å². The van der Waals surface area contributed by atoms with Gasteiger partial charge in [0.1, 0.15) is 4.47 Å². The molecule has 0 spiro atoms. The van der Waals surface area contributed by atoms with Crippen LogP contribution in [0.15, 0.2) is 19.9 Å². The zero-order valence-electron chi connectivity index (χ0n) is 9.73. The zero-order chi connectivity index (χ0) is 15.9. The summed E-state index contributed by atoms with van der Waals surface area (Å²) in [6, 6.07) is 0. The molecule has 0 N–H and O–H groups in total. The van der Waals surface area contributed by atoms with Crippen LogP contribution in [0.1, 0.15) is 5.56 Å². The van der Waals surface area contributed by atoms with Crippen molar-refractivity contribution in [3.05, 3.63) is 60.1 Å². The standard InChI is InChI=1S/C11H3Br2F5N2O/c12-4-1-19-20(11(21)5(4)13)2-3-6(14)8(16)10(18)9(17)7(3)15/h1H,2H2.